The van der Waals surface area contributed by atoms with Gasteiger partial charge in [0, 0.05) is 12.6 Å². The third-order valence-electron chi connectivity index (χ3n) is 2.08. The van der Waals surface area contributed by atoms with Crippen LogP contribution >= 0.6 is 0 Å². The van der Waals surface area contributed by atoms with Gasteiger partial charge in [-0.15, -0.1) is 0 Å². The normalized spacial score (nSPS) is 14.7. The van der Waals surface area contributed by atoms with Crippen LogP contribution < -0.4 is 11.1 Å². The van der Waals surface area contributed by atoms with Gasteiger partial charge in [-0.2, -0.15) is 0 Å². The Morgan fingerprint density at radius 3 is 2.80 bits per heavy atom. The summed E-state index contributed by atoms with van der Waals surface area (Å²) in [6.45, 7) is 3.56. The Balaban J connectivity index is 2.43. The molecule has 5 nitrogen and oxygen atoms in total. The maximum absolute atomic E-state index is 11.4. The first-order valence-corrected chi connectivity index (χ1v) is 4.79. The number of rotatable bonds is 4. The highest BCUT2D eigenvalue weighted by Crippen LogP contribution is 2.05. The van der Waals surface area contributed by atoms with Crippen molar-refractivity contribution in [1.29, 1.82) is 0 Å². The lowest BCUT2D eigenvalue weighted by molar-refractivity contribution is 0.0909. The summed E-state index contributed by atoms with van der Waals surface area (Å²) in [4.78, 5) is 11.4. The van der Waals surface area contributed by atoms with Gasteiger partial charge in [-0.05, 0) is 26.0 Å². The molecule has 5 heteroatoms. The average molecular weight is 212 g/mol. The second-order valence-corrected chi connectivity index (χ2v) is 3.52. The standard InChI is InChI=1S/C10H16N2O3/c1-6-3-4-9(15-6)10(14)12-5-8(11)7(2)13/h3-4,7-8,13H,5,11H2,1-2H3,(H,12,14). The number of aliphatic hydroxyl groups is 1. The molecule has 0 saturated carbocycles. The molecule has 0 radical (unpaired) electrons. The van der Waals surface area contributed by atoms with Crippen LogP contribution in [0.3, 0.4) is 0 Å². The number of amides is 1. The fraction of sp³-hybridized carbons (Fsp3) is 0.500. The van der Waals surface area contributed by atoms with Gasteiger partial charge in [0.1, 0.15) is 5.76 Å². The van der Waals surface area contributed by atoms with Gasteiger partial charge in [-0.3, -0.25) is 4.79 Å². The van der Waals surface area contributed by atoms with Gasteiger partial charge >= 0.3 is 0 Å². The second-order valence-electron chi connectivity index (χ2n) is 3.52. The minimum atomic E-state index is -0.649. The Hall–Kier alpha value is -1.33. The zero-order chi connectivity index (χ0) is 11.4. The Bertz CT molecular complexity index is 333. The first-order valence-electron chi connectivity index (χ1n) is 4.79. The van der Waals surface area contributed by atoms with Crippen molar-refractivity contribution >= 4 is 5.91 Å². The lowest BCUT2D eigenvalue weighted by Crippen LogP contribution is -2.43. The van der Waals surface area contributed by atoms with E-state index in [1.165, 1.54) is 0 Å². The van der Waals surface area contributed by atoms with E-state index in [1.807, 2.05) is 0 Å². The topological polar surface area (TPSA) is 88.5 Å². The minimum absolute atomic E-state index is 0.218. The molecular formula is C10H16N2O3. The van der Waals surface area contributed by atoms with Crippen molar-refractivity contribution < 1.29 is 14.3 Å². The van der Waals surface area contributed by atoms with Gasteiger partial charge in [0.15, 0.2) is 5.76 Å². The first-order chi connectivity index (χ1) is 7.00. The van der Waals surface area contributed by atoms with Crippen LogP contribution in [0, 0.1) is 6.92 Å². The average Bonchev–Trinajstić information content (AvgIpc) is 2.60. The van der Waals surface area contributed by atoms with Crippen LogP contribution in [0.15, 0.2) is 16.5 Å². The molecule has 1 aromatic rings. The van der Waals surface area contributed by atoms with Crippen molar-refractivity contribution in [2.24, 2.45) is 5.73 Å². The van der Waals surface area contributed by atoms with Gasteiger partial charge in [0.2, 0.25) is 0 Å². The van der Waals surface area contributed by atoms with E-state index in [4.69, 9.17) is 15.3 Å². The summed E-state index contributed by atoms with van der Waals surface area (Å²) in [5, 5.41) is 11.7. The van der Waals surface area contributed by atoms with Crippen LogP contribution in [0.4, 0.5) is 0 Å². The molecule has 0 spiro atoms. The van der Waals surface area contributed by atoms with Crippen molar-refractivity contribution in [3.05, 3.63) is 23.7 Å². The predicted octanol–water partition coefficient (Wildman–Crippen LogP) is 0.0259. The summed E-state index contributed by atoms with van der Waals surface area (Å²) in [6, 6.07) is 2.84. The highest BCUT2D eigenvalue weighted by molar-refractivity contribution is 5.91. The SMILES string of the molecule is Cc1ccc(C(=O)NCC(N)C(C)O)o1. The summed E-state index contributed by atoms with van der Waals surface area (Å²) in [7, 11) is 0. The number of carbonyl (C=O) groups excluding carboxylic acids is 1. The van der Waals surface area contributed by atoms with Crippen LogP contribution in [-0.2, 0) is 0 Å². The third kappa shape index (κ3) is 3.38. The van der Waals surface area contributed by atoms with Crippen LogP contribution in [0.1, 0.15) is 23.2 Å². The fourth-order valence-corrected chi connectivity index (χ4v) is 1.02. The van der Waals surface area contributed by atoms with E-state index in [0.717, 1.165) is 0 Å². The Morgan fingerprint density at radius 1 is 1.67 bits per heavy atom. The highest BCUT2D eigenvalue weighted by atomic mass is 16.3. The van der Waals surface area contributed by atoms with Crippen molar-refractivity contribution in [2.75, 3.05) is 6.54 Å². The zero-order valence-electron chi connectivity index (χ0n) is 8.86. The molecule has 4 N–H and O–H groups in total. The van der Waals surface area contributed by atoms with E-state index in [1.54, 1.807) is 26.0 Å². The maximum Gasteiger partial charge on any atom is 0.287 e. The van der Waals surface area contributed by atoms with E-state index in [0.29, 0.717) is 5.76 Å². The maximum atomic E-state index is 11.4. The predicted molar refractivity (Wildman–Crippen MR) is 55.4 cm³/mol. The molecule has 0 aliphatic heterocycles. The molecular weight excluding hydrogens is 196 g/mol. The number of furan rings is 1. The van der Waals surface area contributed by atoms with Crippen LogP contribution in [0.5, 0.6) is 0 Å². The van der Waals surface area contributed by atoms with Crippen LogP contribution in [0.2, 0.25) is 0 Å². The summed E-state index contributed by atoms with van der Waals surface area (Å²) >= 11 is 0. The first kappa shape index (κ1) is 11.7. The smallest absolute Gasteiger partial charge is 0.287 e. The second kappa shape index (κ2) is 4.95. The molecule has 84 valence electrons. The van der Waals surface area contributed by atoms with Crippen LogP contribution in [0.25, 0.3) is 0 Å². The van der Waals surface area contributed by atoms with Gasteiger partial charge in [0.25, 0.3) is 5.91 Å². The van der Waals surface area contributed by atoms with Gasteiger partial charge in [-0.1, -0.05) is 0 Å². The quantitative estimate of drug-likeness (QED) is 0.656. The fourth-order valence-electron chi connectivity index (χ4n) is 1.02. The summed E-state index contributed by atoms with van der Waals surface area (Å²) in [6.07, 6.45) is -0.649. The number of hydrogen-bond donors (Lipinski definition) is 3. The molecule has 1 amide bonds. The lowest BCUT2D eigenvalue weighted by Gasteiger charge is -2.14. The summed E-state index contributed by atoms with van der Waals surface area (Å²) in [5.41, 5.74) is 5.55. The van der Waals surface area contributed by atoms with E-state index >= 15 is 0 Å². The lowest BCUT2D eigenvalue weighted by atomic mass is 10.2. The minimum Gasteiger partial charge on any atom is -0.456 e. The van der Waals surface area contributed by atoms with Crippen molar-refractivity contribution in [1.82, 2.24) is 5.32 Å². The largest absolute Gasteiger partial charge is 0.456 e. The van der Waals surface area contributed by atoms with Gasteiger partial charge < -0.3 is 20.6 Å². The van der Waals surface area contributed by atoms with Crippen molar-refractivity contribution in [3.8, 4) is 0 Å². The monoisotopic (exact) mass is 212 g/mol. The Morgan fingerprint density at radius 2 is 2.33 bits per heavy atom. The molecule has 2 unspecified atom stereocenters. The molecule has 1 aromatic heterocycles. The van der Waals surface area contributed by atoms with Crippen LogP contribution in [-0.4, -0.2) is 29.7 Å². The van der Waals surface area contributed by atoms with E-state index in [-0.39, 0.29) is 18.2 Å². The number of nitrogens with one attached hydrogen (secondary N) is 1. The molecule has 0 aliphatic rings. The summed E-state index contributed by atoms with van der Waals surface area (Å²) in [5.74, 6) is 0.615. The molecule has 2 atom stereocenters. The molecule has 1 heterocycles. The molecule has 0 aliphatic carbocycles. The third-order valence-corrected chi connectivity index (χ3v) is 2.08. The molecule has 15 heavy (non-hydrogen) atoms. The molecule has 1 rings (SSSR count). The van der Waals surface area contributed by atoms with Crippen molar-refractivity contribution in [3.63, 3.8) is 0 Å². The molecule has 0 saturated heterocycles. The number of hydrogen-bond acceptors (Lipinski definition) is 4. The van der Waals surface area contributed by atoms with Crippen molar-refractivity contribution in [2.45, 2.75) is 26.0 Å². The number of carbonyl (C=O) groups is 1. The van der Waals surface area contributed by atoms with E-state index < -0.39 is 12.1 Å². The molecule has 0 fully saturated rings. The molecule has 0 bridgehead atoms. The Kier molecular flexibility index (Phi) is 3.88. The zero-order valence-corrected chi connectivity index (χ0v) is 8.86. The summed E-state index contributed by atoms with van der Waals surface area (Å²) < 4.78 is 5.12. The van der Waals surface area contributed by atoms with E-state index in [9.17, 15) is 4.79 Å². The molecule has 0 aromatic carbocycles. The Labute approximate surface area is 88.3 Å². The van der Waals surface area contributed by atoms with Gasteiger partial charge in [-0.25, -0.2) is 0 Å². The highest BCUT2D eigenvalue weighted by Gasteiger charge is 2.13. The number of aryl methyl sites for hydroxylation is 1. The van der Waals surface area contributed by atoms with Gasteiger partial charge in [0.05, 0.1) is 6.10 Å². The van der Waals surface area contributed by atoms with E-state index in [2.05, 4.69) is 5.32 Å². The number of nitrogens with two attached hydrogens (primary N) is 1. The number of aliphatic hydroxyl groups excluding tert-OH is 1.